The zero-order valence-electron chi connectivity index (χ0n) is 16.7. The second-order valence-corrected chi connectivity index (χ2v) is 8.97. The highest BCUT2D eigenvalue weighted by Gasteiger charge is 2.19. The van der Waals surface area contributed by atoms with Gasteiger partial charge in [0.2, 0.25) is 0 Å². The van der Waals surface area contributed by atoms with E-state index in [9.17, 15) is 18.5 Å². The highest BCUT2D eigenvalue weighted by atomic mass is 35.5. The third kappa shape index (κ3) is 5.48. The summed E-state index contributed by atoms with van der Waals surface area (Å²) in [6.45, 7) is 1.83. The van der Waals surface area contributed by atoms with E-state index in [4.69, 9.17) is 27.4 Å². The van der Waals surface area contributed by atoms with Gasteiger partial charge < -0.3 is 9.50 Å². The van der Waals surface area contributed by atoms with Crippen molar-refractivity contribution < 1.29 is 17.4 Å². The van der Waals surface area contributed by atoms with Gasteiger partial charge in [0.05, 0.1) is 15.7 Å². The summed E-state index contributed by atoms with van der Waals surface area (Å²) in [6.07, 6.45) is 1.22. The maximum atomic E-state index is 12.7. The Morgan fingerprint density at radius 3 is 2.25 bits per heavy atom. The van der Waals surface area contributed by atoms with Gasteiger partial charge in [0.15, 0.2) is 0 Å². The molecule has 1 amide bonds. The molecule has 0 bridgehead atoms. The van der Waals surface area contributed by atoms with Crippen molar-refractivity contribution in [2.45, 2.75) is 11.8 Å². The van der Waals surface area contributed by atoms with Crippen molar-refractivity contribution in [1.82, 2.24) is 0 Å². The van der Waals surface area contributed by atoms with Crippen molar-refractivity contribution in [2.24, 2.45) is 0 Å². The molecule has 9 heteroatoms. The summed E-state index contributed by atoms with van der Waals surface area (Å²) < 4.78 is 30.6. The van der Waals surface area contributed by atoms with Crippen LogP contribution in [-0.4, -0.2) is 14.3 Å². The fourth-order valence-corrected chi connectivity index (χ4v) is 4.09. The maximum absolute atomic E-state index is 12.7. The van der Waals surface area contributed by atoms with E-state index in [0.29, 0.717) is 0 Å². The first kappa shape index (κ1) is 23.4. The molecule has 0 aliphatic carbocycles. The normalized spacial score (nSPS) is 11.5. The lowest BCUT2D eigenvalue weighted by Crippen LogP contribution is -2.14. The lowest BCUT2D eigenvalue weighted by molar-refractivity contribution is -0.112. The Kier molecular flexibility index (Phi) is 7.21. The summed E-state index contributed by atoms with van der Waals surface area (Å²) in [5.74, 6) is -0.803. The summed E-state index contributed by atoms with van der Waals surface area (Å²) in [5.41, 5.74) is 0.981. The number of amides is 1. The molecule has 0 atom stereocenters. The number of aryl methyl sites for hydroxylation is 1. The summed E-state index contributed by atoms with van der Waals surface area (Å²) in [6, 6.07) is 18.8. The van der Waals surface area contributed by atoms with Crippen LogP contribution in [0.1, 0.15) is 11.1 Å². The number of rotatable bonds is 6. The molecule has 0 aliphatic rings. The molecule has 32 heavy (non-hydrogen) atoms. The first-order chi connectivity index (χ1) is 15.2. The average Bonchev–Trinajstić information content (AvgIpc) is 2.75. The molecule has 162 valence electrons. The van der Waals surface area contributed by atoms with Crippen LogP contribution in [0.4, 0.5) is 5.69 Å². The van der Waals surface area contributed by atoms with Crippen molar-refractivity contribution in [1.29, 1.82) is 5.26 Å². The van der Waals surface area contributed by atoms with Crippen LogP contribution in [0.5, 0.6) is 5.75 Å². The topological polar surface area (TPSA) is 96.3 Å². The predicted octanol–water partition coefficient (Wildman–Crippen LogP) is 5.62. The number of para-hydroxylation sites is 2. The van der Waals surface area contributed by atoms with Gasteiger partial charge in [0.1, 0.15) is 22.3 Å². The number of nitriles is 1. The molecule has 3 aromatic rings. The van der Waals surface area contributed by atoms with Gasteiger partial charge >= 0.3 is 10.1 Å². The summed E-state index contributed by atoms with van der Waals surface area (Å²) in [4.78, 5) is 12.6. The Balaban J connectivity index is 1.92. The monoisotopic (exact) mass is 486 g/mol. The van der Waals surface area contributed by atoms with Crippen molar-refractivity contribution in [2.75, 3.05) is 5.32 Å². The van der Waals surface area contributed by atoms with Crippen LogP contribution in [-0.2, 0) is 14.9 Å². The molecule has 0 saturated heterocycles. The molecular weight excluding hydrogens is 471 g/mol. The van der Waals surface area contributed by atoms with Crippen LogP contribution in [0.15, 0.2) is 77.2 Å². The van der Waals surface area contributed by atoms with Crippen molar-refractivity contribution >= 4 is 51.0 Å². The van der Waals surface area contributed by atoms with Gasteiger partial charge in [-0.2, -0.15) is 13.7 Å². The fraction of sp³-hybridized carbons (Fsp3) is 0.0435. The summed E-state index contributed by atoms with van der Waals surface area (Å²) in [7, 11) is -4.12. The number of hydrogen-bond acceptors (Lipinski definition) is 5. The van der Waals surface area contributed by atoms with E-state index in [-0.39, 0.29) is 37.5 Å². The van der Waals surface area contributed by atoms with Crippen LogP contribution in [0.3, 0.4) is 0 Å². The number of hydrogen-bond donors (Lipinski definition) is 1. The number of nitrogens with one attached hydrogen (secondary N) is 1. The van der Waals surface area contributed by atoms with E-state index >= 15 is 0 Å². The Bertz CT molecular complexity index is 1320. The van der Waals surface area contributed by atoms with Crippen molar-refractivity contribution in [3.63, 3.8) is 0 Å². The van der Waals surface area contributed by atoms with Crippen molar-refractivity contribution in [3.8, 4) is 11.8 Å². The SMILES string of the molecule is Cc1ccc(S(=O)(=O)Oc2ccccc2/C=C(\C#N)C(=O)Nc2c(Cl)cccc2Cl)cc1. The molecule has 0 heterocycles. The number of nitrogens with zero attached hydrogens (tertiary/aromatic N) is 1. The van der Waals surface area contributed by atoms with Gasteiger partial charge in [-0.15, -0.1) is 0 Å². The second-order valence-electron chi connectivity index (χ2n) is 6.61. The van der Waals surface area contributed by atoms with Gasteiger partial charge in [-0.05, 0) is 43.3 Å². The smallest absolute Gasteiger partial charge is 0.339 e. The Morgan fingerprint density at radius 1 is 1.00 bits per heavy atom. The molecule has 1 N–H and O–H groups in total. The third-order valence-corrected chi connectivity index (χ3v) is 6.17. The zero-order valence-corrected chi connectivity index (χ0v) is 19.0. The average molecular weight is 487 g/mol. The quantitative estimate of drug-likeness (QED) is 0.277. The van der Waals surface area contributed by atoms with Gasteiger partial charge in [-0.25, -0.2) is 0 Å². The molecule has 0 aliphatic heterocycles. The molecule has 0 radical (unpaired) electrons. The highest BCUT2D eigenvalue weighted by Crippen LogP contribution is 2.31. The lowest BCUT2D eigenvalue weighted by atomic mass is 10.1. The van der Waals surface area contributed by atoms with Gasteiger partial charge in [0, 0.05) is 5.56 Å². The Hall–Kier alpha value is -3.31. The first-order valence-corrected chi connectivity index (χ1v) is 11.3. The summed E-state index contributed by atoms with van der Waals surface area (Å²) in [5, 5.41) is 12.4. The number of benzene rings is 3. The second kappa shape index (κ2) is 9.88. The van der Waals surface area contributed by atoms with E-state index in [1.54, 1.807) is 36.4 Å². The Morgan fingerprint density at radius 2 is 1.62 bits per heavy atom. The molecule has 3 rings (SSSR count). The number of anilines is 1. The van der Waals surface area contributed by atoms with E-state index in [0.717, 1.165) is 5.56 Å². The molecule has 3 aromatic carbocycles. The van der Waals surface area contributed by atoms with Crippen LogP contribution < -0.4 is 9.50 Å². The fourth-order valence-electron chi connectivity index (χ4n) is 2.65. The molecule has 6 nitrogen and oxygen atoms in total. The molecule has 0 fully saturated rings. The minimum atomic E-state index is -4.12. The molecule has 0 saturated carbocycles. The van der Waals surface area contributed by atoms with Crippen LogP contribution in [0.2, 0.25) is 10.0 Å². The molecule has 0 spiro atoms. The largest absolute Gasteiger partial charge is 0.378 e. The third-order valence-electron chi connectivity index (χ3n) is 4.29. The zero-order chi connectivity index (χ0) is 23.3. The van der Waals surface area contributed by atoms with Crippen molar-refractivity contribution in [3.05, 3.63) is 93.5 Å². The van der Waals surface area contributed by atoms with E-state index in [1.165, 1.54) is 42.5 Å². The molecule has 0 unspecified atom stereocenters. The van der Waals surface area contributed by atoms with E-state index < -0.39 is 16.0 Å². The molecular formula is C23H16Cl2N2O4S. The summed E-state index contributed by atoms with van der Waals surface area (Å²) >= 11 is 12.1. The van der Waals surface area contributed by atoms with Gasteiger partial charge in [-0.1, -0.05) is 65.2 Å². The van der Waals surface area contributed by atoms with Gasteiger partial charge in [-0.3, -0.25) is 4.79 Å². The van der Waals surface area contributed by atoms with Crippen LogP contribution >= 0.6 is 23.2 Å². The predicted molar refractivity (Wildman–Crippen MR) is 124 cm³/mol. The lowest BCUT2D eigenvalue weighted by Gasteiger charge is -2.11. The van der Waals surface area contributed by atoms with Gasteiger partial charge in [0.25, 0.3) is 5.91 Å². The van der Waals surface area contributed by atoms with Crippen LogP contribution in [0, 0.1) is 18.3 Å². The standard InChI is InChI=1S/C23H16Cl2N2O4S/c1-15-9-11-18(12-10-15)32(29,30)31-21-8-3-2-5-16(21)13-17(14-26)23(28)27-22-19(24)6-4-7-20(22)25/h2-13H,1H3,(H,27,28)/b17-13+. The van der Waals surface area contributed by atoms with E-state index in [1.807, 2.05) is 6.92 Å². The minimum Gasteiger partial charge on any atom is -0.378 e. The number of halogens is 2. The highest BCUT2D eigenvalue weighted by molar-refractivity contribution is 7.87. The first-order valence-electron chi connectivity index (χ1n) is 9.18. The molecule has 0 aromatic heterocycles. The van der Waals surface area contributed by atoms with Crippen LogP contribution in [0.25, 0.3) is 6.08 Å². The number of carbonyl (C=O) groups is 1. The number of carbonyl (C=O) groups excluding carboxylic acids is 1. The minimum absolute atomic E-state index is 0.0199. The van der Waals surface area contributed by atoms with E-state index in [2.05, 4.69) is 5.32 Å². The Labute approximate surface area is 195 Å². The maximum Gasteiger partial charge on any atom is 0.339 e.